The highest BCUT2D eigenvalue weighted by molar-refractivity contribution is 6.08. The first kappa shape index (κ1) is 26.7. The summed E-state index contributed by atoms with van der Waals surface area (Å²) in [6.45, 7) is 15.7. The molecule has 7 heteroatoms. The van der Waals surface area contributed by atoms with E-state index in [4.69, 9.17) is 14.2 Å². The van der Waals surface area contributed by atoms with Gasteiger partial charge in [-0.25, -0.2) is 4.79 Å². The molecular formula is C30H38N2O5. The fourth-order valence-electron chi connectivity index (χ4n) is 5.33. The summed E-state index contributed by atoms with van der Waals surface area (Å²) in [4.78, 5) is 27.9. The second-order valence-electron chi connectivity index (χ2n) is 10.7. The molecule has 0 bridgehead atoms. The second-order valence-corrected chi connectivity index (χ2v) is 10.7. The van der Waals surface area contributed by atoms with Gasteiger partial charge in [0.25, 0.3) is 0 Å². The molecule has 7 nitrogen and oxygen atoms in total. The Labute approximate surface area is 219 Å². The van der Waals surface area contributed by atoms with Crippen molar-refractivity contribution in [3.8, 4) is 11.1 Å². The van der Waals surface area contributed by atoms with E-state index in [9.17, 15) is 9.59 Å². The summed E-state index contributed by atoms with van der Waals surface area (Å²) in [5, 5.41) is 1.02. The van der Waals surface area contributed by atoms with E-state index in [1.807, 2.05) is 34.6 Å². The Hall–Kier alpha value is -3.32. The summed E-state index contributed by atoms with van der Waals surface area (Å²) in [6, 6.07) is 10.5. The van der Waals surface area contributed by atoms with E-state index in [0.717, 1.165) is 56.6 Å². The Morgan fingerprint density at radius 1 is 1.05 bits per heavy atom. The minimum Gasteiger partial charge on any atom is -0.467 e. The smallest absolute Gasteiger partial charge is 0.339 e. The molecule has 1 aliphatic heterocycles. The average molecular weight is 507 g/mol. The lowest BCUT2D eigenvalue weighted by Crippen LogP contribution is -2.38. The minimum atomic E-state index is -0.947. The molecule has 2 heterocycles. The molecule has 1 aromatic heterocycles. The molecule has 1 unspecified atom stereocenters. The Morgan fingerprint density at radius 2 is 1.73 bits per heavy atom. The molecule has 0 radical (unpaired) electrons. The van der Waals surface area contributed by atoms with Crippen LogP contribution in [-0.2, 0) is 30.3 Å². The van der Waals surface area contributed by atoms with E-state index in [2.05, 4.69) is 53.6 Å². The minimum absolute atomic E-state index is 0.139. The summed E-state index contributed by atoms with van der Waals surface area (Å²) in [5.41, 5.74) is 7.28. The number of carbonyl (C=O) groups is 2. The van der Waals surface area contributed by atoms with Crippen molar-refractivity contribution < 1.29 is 23.8 Å². The largest absolute Gasteiger partial charge is 0.467 e. The van der Waals surface area contributed by atoms with Crippen LogP contribution in [0.5, 0.6) is 0 Å². The van der Waals surface area contributed by atoms with Crippen LogP contribution in [-0.4, -0.2) is 48.9 Å². The van der Waals surface area contributed by atoms with E-state index >= 15 is 0 Å². The number of benzene rings is 2. The number of hydrogen-bond acceptors (Lipinski definition) is 6. The van der Waals surface area contributed by atoms with Gasteiger partial charge in [-0.15, -0.1) is 0 Å². The van der Waals surface area contributed by atoms with Gasteiger partial charge in [-0.3, -0.25) is 4.79 Å². The lowest BCUT2D eigenvalue weighted by molar-refractivity contribution is -0.164. The van der Waals surface area contributed by atoms with Crippen LogP contribution in [0.15, 0.2) is 30.3 Å². The monoisotopic (exact) mass is 506 g/mol. The lowest BCUT2D eigenvalue weighted by Gasteiger charge is -2.35. The molecule has 4 rings (SSSR count). The van der Waals surface area contributed by atoms with Crippen molar-refractivity contribution in [2.75, 3.05) is 31.7 Å². The van der Waals surface area contributed by atoms with Gasteiger partial charge in [0.2, 0.25) is 0 Å². The molecular weight excluding hydrogens is 468 g/mol. The number of ether oxygens (including phenoxy) is 3. The number of nitrogens with zero attached hydrogens (tertiary/aromatic N) is 2. The molecule has 198 valence electrons. The Balaban J connectivity index is 2.10. The number of methoxy groups -OCH3 is 1. The summed E-state index contributed by atoms with van der Waals surface area (Å²) in [5.74, 6) is -0.728. The van der Waals surface area contributed by atoms with Crippen LogP contribution >= 0.6 is 0 Å². The molecule has 0 N–H and O–H groups in total. The zero-order valence-electron chi connectivity index (χ0n) is 23.2. The predicted molar refractivity (Wildman–Crippen MR) is 146 cm³/mol. The molecule has 0 fully saturated rings. The van der Waals surface area contributed by atoms with Gasteiger partial charge < -0.3 is 23.7 Å². The van der Waals surface area contributed by atoms with Crippen molar-refractivity contribution >= 4 is 28.5 Å². The third-order valence-electron chi connectivity index (χ3n) is 6.85. The maximum absolute atomic E-state index is 13.3. The Kier molecular flexibility index (Phi) is 7.38. The van der Waals surface area contributed by atoms with Crippen LogP contribution in [0, 0.1) is 20.8 Å². The van der Waals surface area contributed by atoms with E-state index in [1.165, 1.54) is 7.11 Å². The van der Waals surface area contributed by atoms with Gasteiger partial charge in [-0.05, 0) is 71.2 Å². The quantitative estimate of drug-likeness (QED) is 0.386. The maximum atomic E-state index is 13.3. The molecule has 0 amide bonds. The van der Waals surface area contributed by atoms with Crippen molar-refractivity contribution in [3.63, 3.8) is 0 Å². The van der Waals surface area contributed by atoms with Crippen molar-refractivity contribution in [1.82, 2.24) is 4.57 Å². The van der Waals surface area contributed by atoms with Crippen LogP contribution < -0.4 is 4.90 Å². The van der Waals surface area contributed by atoms with Crippen molar-refractivity contribution in [3.05, 3.63) is 52.7 Å². The number of esters is 2. The Bertz CT molecular complexity index is 1330. The summed E-state index contributed by atoms with van der Waals surface area (Å²) >= 11 is 0. The molecule has 1 aliphatic rings. The van der Waals surface area contributed by atoms with E-state index in [0.29, 0.717) is 13.2 Å². The number of aromatic nitrogens is 1. The molecule has 37 heavy (non-hydrogen) atoms. The standard InChI is InChI=1S/C30H38N2O5/c1-9-36-23(33)17-31-14-15-32-19(3)16-22-25(21-12-10-18(2)11-13-21)24(20(4)26(31)27(22)32)28(29(34)35-8)37-30(5,6)7/h10-13,16,28H,9,14-15,17H2,1-8H3. The molecule has 1 atom stereocenters. The molecule has 0 spiro atoms. The van der Waals surface area contributed by atoms with Crippen LogP contribution in [0.3, 0.4) is 0 Å². The summed E-state index contributed by atoms with van der Waals surface area (Å²) in [6.07, 6.45) is -0.947. The third kappa shape index (κ3) is 5.10. The highest BCUT2D eigenvalue weighted by Crippen LogP contribution is 2.48. The SMILES string of the molecule is CCOC(=O)CN1CCn2c(C)cc3c(-c4ccc(C)cc4)c(C(OC(C)(C)C)C(=O)OC)c(C)c1c32. The van der Waals surface area contributed by atoms with Gasteiger partial charge in [-0.1, -0.05) is 29.8 Å². The zero-order valence-corrected chi connectivity index (χ0v) is 23.2. The predicted octanol–water partition coefficient (Wildman–Crippen LogP) is 5.65. The van der Waals surface area contributed by atoms with Gasteiger partial charge in [0, 0.05) is 29.7 Å². The van der Waals surface area contributed by atoms with Crippen molar-refractivity contribution in [2.45, 2.75) is 66.7 Å². The number of anilines is 1. The average Bonchev–Trinajstić information content (AvgIpc) is 3.16. The highest BCUT2D eigenvalue weighted by Gasteiger charge is 2.36. The molecule has 3 aromatic rings. The first-order valence-electron chi connectivity index (χ1n) is 12.9. The lowest BCUT2D eigenvalue weighted by atomic mass is 9.87. The number of hydrogen-bond donors (Lipinski definition) is 0. The second kappa shape index (κ2) is 10.2. The van der Waals surface area contributed by atoms with E-state index < -0.39 is 17.7 Å². The van der Waals surface area contributed by atoms with Crippen LogP contribution in [0.4, 0.5) is 5.69 Å². The zero-order chi connectivity index (χ0) is 27.1. The summed E-state index contributed by atoms with van der Waals surface area (Å²) in [7, 11) is 1.39. The maximum Gasteiger partial charge on any atom is 0.339 e. The first-order valence-corrected chi connectivity index (χ1v) is 12.9. The fraction of sp³-hybridized carbons (Fsp3) is 0.467. The van der Waals surface area contributed by atoms with Gasteiger partial charge in [0.1, 0.15) is 6.54 Å². The fourth-order valence-corrected chi connectivity index (χ4v) is 5.33. The van der Waals surface area contributed by atoms with Crippen molar-refractivity contribution in [2.24, 2.45) is 0 Å². The topological polar surface area (TPSA) is 70.0 Å². The first-order chi connectivity index (χ1) is 17.5. The molecule has 0 aliphatic carbocycles. The van der Waals surface area contributed by atoms with Gasteiger partial charge in [0.15, 0.2) is 6.10 Å². The number of rotatable bonds is 7. The molecule has 2 aromatic carbocycles. The normalized spacial score (nSPS) is 14.1. The van der Waals surface area contributed by atoms with E-state index in [-0.39, 0.29) is 12.5 Å². The van der Waals surface area contributed by atoms with Crippen molar-refractivity contribution in [1.29, 1.82) is 0 Å². The Morgan fingerprint density at radius 3 is 2.32 bits per heavy atom. The third-order valence-corrected chi connectivity index (χ3v) is 6.85. The van der Waals surface area contributed by atoms with Crippen LogP contribution in [0.2, 0.25) is 0 Å². The summed E-state index contributed by atoms with van der Waals surface area (Å²) < 4.78 is 19.3. The number of aryl methyl sites for hydroxylation is 2. The molecule has 0 saturated carbocycles. The highest BCUT2D eigenvalue weighted by atomic mass is 16.6. The van der Waals surface area contributed by atoms with Crippen LogP contribution in [0.25, 0.3) is 22.0 Å². The molecule has 0 saturated heterocycles. The number of carbonyl (C=O) groups excluding carboxylic acids is 2. The van der Waals surface area contributed by atoms with Gasteiger partial charge in [0.05, 0.1) is 30.5 Å². The van der Waals surface area contributed by atoms with E-state index in [1.54, 1.807) is 0 Å². The van der Waals surface area contributed by atoms with Crippen LogP contribution in [0.1, 0.15) is 56.2 Å². The van der Waals surface area contributed by atoms with Gasteiger partial charge in [-0.2, -0.15) is 0 Å². The van der Waals surface area contributed by atoms with Gasteiger partial charge >= 0.3 is 11.9 Å².